The molecule has 0 radical (unpaired) electrons. The Morgan fingerprint density at radius 3 is 2.50 bits per heavy atom. The van der Waals surface area contributed by atoms with Crippen molar-refractivity contribution in [2.45, 2.75) is 12.3 Å². The molecule has 1 aliphatic heterocycles. The van der Waals surface area contributed by atoms with Crippen LogP contribution >= 0.6 is 11.6 Å². The van der Waals surface area contributed by atoms with Gasteiger partial charge in [-0.25, -0.2) is 0 Å². The van der Waals surface area contributed by atoms with Gasteiger partial charge in [-0.1, -0.05) is 6.08 Å². The Morgan fingerprint density at radius 1 is 1.39 bits per heavy atom. The number of halogens is 1. The van der Waals surface area contributed by atoms with Crippen LogP contribution in [0.4, 0.5) is 0 Å². The van der Waals surface area contributed by atoms with Crippen molar-refractivity contribution in [3.63, 3.8) is 0 Å². The minimum absolute atomic E-state index is 0.0135. The summed E-state index contributed by atoms with van der Waals surface area (Å²) >= 11 is 5.76. The molecule has 5 nitrogen and oxygen atoms in total. The molecule has 0 aromatic rings. The first-order valence-corrected chi connectivity index (χ1v) is 6.51. The molecule has 18 heavy (non-hydrogen) atoms. The fourth-order valence-corrected chi connectivity index (χ4v) is 1.96. The molecular formula is C12H20ClN3O2. The van der Waals surface area contributed by atoms with E-state index in [1.807, 2.05) is 4.90 Å². The van der Waals surface area contributed by atoms with Gasteiger partial charge in [0.2, 0.25) is 11.8 Å². The number of nitrogens with zero attached hydrogens (tertiary/aromatic N) is 2. The van der Waals surface area contributed by atoms with Crippen LogP contribution in [0.2, 0.25) is 0 Å². The lowest BCUT2D eigenvalue weighted by molar-refractivity contribution is -0.132. The highest BCUT2D eigenvalue weighted by atomic mass is 35.5. The molecule has 0 aromatic carbocycles. The van der Waals surface area contributed by atoms with Crippen molar-refractivity contribution in [3.05, 3.63) is 12.7 Å². The second-order valence-corrected chi connectivity index (χ2v) is 4.96. The summed E-state index contributed by atoms with van der Waals surface area (Å²) in [5.41, 5.74) is 0. The second kappa shape index (κ2) is 7.38. The smallest absolute Gasteiger partial charge is 0.240 e. The zero-order valence-electron chi connectivity index (χ0n) is 10.7. The molecule has 1 atom stereocenters. The van der Waals surface area contributed by atoms with E-state index in [4.69, 9.17) is 11.6 Å². The molecule has 2 amide bonds. The number of carbonyl (C=O) groups excluding carboxylic acids is 2. The number of amides is 2. The minimum Gasteiger partial charge on any atom is -0.352 e. The molecule has 0 aliphatic carbocycles. The van der Waals surface area contributed by atoms with Crippen molar-refractivity contribution >= 4 is 23.4 Å². The molecule has 1 saturated heterocycles. The number of alkyl halides is 1. The largest absolute Gasteiger partial charge is 0.352 e. The average Bonchev–Trinajstić information content (AvgIpc) is 2.36. The molecule has 0 bridgehead atoms. The van der Waals surface area contributed by atoms with E-state index < -0.39 is 5.38 Å². The van der Waals surface area contributed by atoms with E-state index in [1.165, 1.54) is 0 Å². The highest BCUT2D eigenvalue weighted by Gasteiger charge is 2.24. The van der Waals surface area contributed by atoms with E-state index in [9.17, 15) is 9.59 Å². The van der Waals surface area contributed by atoms with Crippen molar-refractivity contribution in [1.29, 1.82) is 0 Å². The van der Waals surface area contributed by atoms with Gasteiger partial charge in [0.15, 0.2) is 0 Å². The molecule has 1 heterocycles. The summed E-state index contributed by atoms with van der Waals surface area (Å²) in [6.45, 7) is 8.74. The van der Waals surface area contributed by atoms with E-state index in [2.05, 4.69) is 11.9 Å². The van der Waals surface area contributed by atoms with E-state index in [0.29, 0.717) is 39.3 Å². The first kappa shape index (κ1) is 15.0. The molecule has 1 N–H and O–H groups in total. The lowest BCUT2D eigenvalue weighted by Crippen LogP contribution is -2.52. The van der Waals surface area contributed by atoms with E-state index in [0.717, 1.165) is 0 Å². The second-order valence-electron chi connectivity index (χ2n) is 4.31. The van der Waals surface area contributed by atoms with Crippen LogP contribution in [0.15, 0.2) is 12.7 Å². The summed E-state index contributed by atoms with van der Waals surface area (Å²) in [7, 11) is 0. The summed E-state index contributed by atoms with van der Waals surface area (Å²) < 4.78 is 0. The van der Waals surface area contributed by atoms with Crippen molar-refractivity contribution in [3.8, 4) is 0 Å². The lowest BCUT2D eigenvalue weighted by atomic mass is 10.3. The van der Waals surface area contributed by atoms with Crippen LogP contribution in [-0.4, -0.2) is 66.3 Å². The molecule has 1 fully saturated rings. The highest BCUT2D eigenvalue weighted by Crippen LogP contribution is 2.06. The number of nitrogens with one attached hydrogen (secondary N) is 1. The normalized spacial score (nSPS) is 18.2. The topological polar surface area (TPSA) is 52.7 Å². The lowest BCUT2D eigenvalue weighted by Gasteiger charge is -2.34. The van der Waals surface area contributed by atoms with E-state index in [-0.39, 0.29) is 11.8 Å². The Labute approximate surface area is 113 Å². The fraction of sp³-hybridized carbons (Fsp3) is 0.667. The van der Waals surface area contributed by atoms with Crippen LogP contribution in [0.25, 0.3) is 0 Å². The molecule has 0 spiro atoms. The van der Waals surface area contributed by atoms with Gasteiger partial charge in [0.1, 0.15) is 5.38 Å². The molecule has 0 aromatic heterocycles. The Hall–Kier alpha value is -1.07. The van der Waals surface area contributed by atoms with Crippen molar-refractivity contribution in [2.24, 2.45) is 0 Å². The van der Waals surface area contributed by atoms with Crippen LogP contribution < -0.4 is 5.32 Å². The number of carbonyl (C=O) groups is 2. The molecule has 1 rings (SSSR count). The zero-order chi connectivity index (χ0) is 13.5. The van der Waals surface area contributed by atoms with E-state index in [1.54, 1.807) is 17.9 Å². The summed E-state index contributed by atoms with van der Waals surface area (Å²) in [6, 6.07) is 0. The summed E-state index contributed by atoms with van der Waals surface area (Å²) in [5, 5.41) is 2.25. The van der Waals surface area contributed by atoms with Crippen LogP contribution in [0.3, 0.4) is 0 Å². The first-order valence-electron chi connectivity index (χ1n) is 6.07. The maximum Gasteiger partial charge on any atom is 0.240 e. The zero-order valence-corrected chi connectivity index (χ0v) is 11.4. The van der Waals surface area contributed by atoms with Gasteiger partial charge >= 0.3 is 0 Å². The predicted molar refractivity (Wildman–Crippen MR) is 71.5 cm³/mol. The number of hydrogen-bond donors (Lipinski definition) is 1. The van der Waals surface area contributed by atoms with Crippen LogP contribution in [0, 0.1) is 0 Å². The molecule has 1 aliphatic rings. The Balaban J connectivity index is 2.29. The predicted octanol–water partition coefficient (Wildman–Crippen LogP) is 0.0601. The van der Waals surface area contributed by atoms with Gasteiger partial charge in [-0.2, -0.15) is 0 Å². The summed E-state index contributed by atoms with van der Waals surface area (Å²) in [4.78, 5) is 26.9. The van der Waals surface area contributed by atoms with Crippen LogP contribution in [-0.2, 0) is 9.59 Å². The van der Waals surface area contributed by atoms with Crippen molar-refractivity contribution in [2.75, 3.05) is 39.3 Å². The van der Waals surface area contributed by atoms with Gasteiger partial charge in [0.25, 0.3) is 0 Å². The third-order valence-corrected chi connectivity index (χ3v) is 3.02. The quantitative estimate of drug-likeness (QED) is 0.569. The standard InChI is InChI=1S/C12H20ClN3O2/c1-3-4-14-11(17)9-15-5-7-16(8-6-15)12(18)10(2)13/h3,10H,1,4-9H2,2H3,(H,14,17). The molecular weight excluding hydrogens is 254 g/mol. The first-order chi connectivity index (χ1) is 8.54. The van der Waals surface area contributed by atoms with Crippen molar-refractivity contribution < 1.29 is 9.59 Å². The third kappa shape index (κ3) is 4.66. The number of hydrogen-bond acceptors (Lipinski definition) is 3. The van der Waals surface area contributed by atoms with Gasteiger partial charge in [0.05, 0.1) is 6.54 Å². The Bertz CT molecular complexity index is 312. The maximum absolute atomic E-state index is 11.7. The van der Waals surface area contributed by atoms with Gasteiger partial charge < -0.3 is 10.2 Å². The maximum atomic E-state index is 11.7. The SMILES string of the molecule is C=CCNC(=O)CN1CCN(C(=O)C(C)Cl)CC1. The molecule has 0 saturated carbocycles. The minimum atomic E-state index is -0.479. The Kier molecular flexibility index (Phi) is 6.15. The fourth-order valence-electron chi connectivity index (χ4n) is 1.82. The average molecular weight is 274 g/mol. The van der Waals surface area contributed by atoms with Gasteiger partial charge in [-0.05, 0) is 6.92 Å². The van der Waals surface area contributed by atoms with Gasteiger partial charge in [-0.3, -0.25) is 14.5 Å². The monoisotopic (exact) mass is 273 g/mol. The van der Waals surface area contributed by atoms with E-state index >= 15 is 0 Å². The molecule has 1 unspecified atom stereocenters. The third-order valence-electron chi connectivity index (χ3n) is 2.84. The highest BCUT2D eigenvalue weighted by molar-refractivity contribution is 6.30. The van der Waals surface area contributed by atoms with Crippen LogP contribution in [0.1, 0.15) is 6.92 Å². The van der Waals surface area contributed by atoms with Crippen molar-refractivity contribution in [1.82, 2.24) is 15.1 Å². The Morgan fingerprint density at radius 2 is 2.00 bits per heavy atom. The molecule has 6 heteroatoms. The number of rotatable bonds is 5. The van der Waals surface area contributed by atoms with Gasteiger partial charge in [0, 0.05) is 32.7 Å². The van der Waals surface area contributed by atoms with Crippen LogP contribution in [0.5, 0.6) is 0 Å². The number of piperazine rings is 1. The molecule has 102 valence electrons. The summed E-state index contributed by atoms with van der Waals surface area (Å²) in [5.74, 6) is -0.0483. The van der Waals surface area contributed by atoms with Gasteiger partial charge in [-0.15, -0.1) is 18.2 Å². The summed E-state index contributed by atoms with van der Waals surface area (Å²) in [6.07, 6.45) is 1.65.